The van der Waals surface area contributed by atoms with Crippen LogP contribution in [-0.4, -0.2) is 48.8 Å². The van der Waals surface area contributed by atoms with Gasteiger partial charge in [0.25, 0.3) is 0 Å². The zero-order valence-electron chi connectivity index (χ0n) is 11.7. The number of piperazine rings is 1. The number of nitriles is 1. The van der Waals surface area contributed by atoms with Crippen molar-refractivity contribution < 1.29 is 4.74 Å². The van der Waals surface area contributed by atoms with E-state index in [1.807, 2.05) is 0 Å². The second kappa shape index (κ2) is 5.78. The Kier molecular flexibility index (Phi) is 4.07. The summed E-state index contributed by atoms with van der Waals surface area (Å²) in [5.74, 6) is 0. The lowest BCUT2D eigenvalue weighted by atomic mass is 9.83. The van der Waals surface area contributed by atoms with Gasteiger partial charge in [-0.1, -0.05) is 19.3 Å². The first-order valence-corrected chi connectivity index (χ1v) is 7.84. The fourth-order valence-electron chi connectivity index (χ4n) is 3.94. The first kappa shape index (κ1) is 13.4. The maximum absolute atomic E-state index is 9.21. The molecule has 3 rings (SSSR count). The lowest BCUT2D eigenvalue weighted by Gasteiger charge is -2.36. The van der Waals surface area contributed by atoms with Gasteiger partial charge in [0, 0.05) is 26.2 Å². The Morgan fingerprint density at radius 1 is 1.26 bits per heavy atom. The van der Waals surface area contributed by atoms with E-state index in [2.05, 4.69) is 16.3 Å². The van der Waals surface area contributed by atoms with Crippen molar-refractivity contribution in [3.8, 4) is 6.07 Å². The van der Waals surface area contributed by atoms with Gasteiger partial charge in [-0.15, -0.1) is 0 Å². The Labute approximate surface area is 116 Å². The Morgan fingerprint density at radius 2 is 2.11 bits per heavy atom. The summed E-state index contributed by atoms with van der Waals surface area (Å²) in [6.07, 6.45) is 9.33. The summed E-state index contributed by atoms with van der Waals surface area (Å²) in [6, 6.07) is 2.43. The quantitative estimate of drug-likeness (QED) is 0.823. The summed E-state index contributed by atoms with van der Waals surface area (Å²) >= 11 is 0. The standard InChI is InChI=1S/C15H25N3O/c16-10-13-11-17-8-9-18(13)12-14-4-7-15(19-14)5-2-1-3-6-15/h13-14,17H,1-9,11-12H2. The summed E-state index contributed by atoms with van der Waals surface area (Å²) < 4.78 is 6.41. The van der Waals surface area contributed by atoms with Gasteiger partial charge < -0.3 is 10.1 Å². The minimum absolute atomic E-state index is 0.0280. The third-order valence-electron chi connectivity index (χ3n) is 5.04. The largest absolute Gasteiger partial charge is 0.370 e. The monoisotopic (exact) mass is 263 g/mol. The predicted molar refractivity (Wildman–Crippen MR) is 73.8 cm³/mol. The van der Waals surface area contributed by atoms with Gasteiger partial charge in [0.2, 0.25) is 0 Å². The fourth-order valence-corrected chi connectivity index (χ4v) is 3.94. The summed E-state index contributed by atoms with van der Waals surface area (Å²) in [5, 5.41) is 12.5. The fraction of sp³-hybridized carbons (Fsp3) is 0.933. The number of ether oxygens (including phenoxy) is 1. The van der Waals surface area contributed by atoms with Crippen LogP contribution in [0.5, 0.6) is 0 Å². The van der Waals surface area contributed by atoms with Crippen molar-refractivity contribution in [2.24, 2.45) is 0 Å². The Balaban J connectivity index is 1.55. The highest BCUT2D eigenvalue weighted by Crippen LogP contribution is 2.42. The van der Waals surface area contributed by atoms with E-state index in [1.54, 1.807) is 0 Å². The molecule has 1 N–H and O–H groups in total. The maximum Gasteiger partial charge on any atom is 0.110 e. The molecule has 3 fully saturated rings. The van der Waals surface area contributed by atoms with Crippen molar-refractivity contribution in [3.63, 3.8) is 0 Å². The van der Waals surface area contributed by atoms with Crippen LogP contribution in [0.3, 0.4) is 0 Å². The molecule has 4 heteroatoms. The molecule has 2 heterocycles. The van der Waals surface area contributed by atoms with Crippen LogP contribution >= 0.6 is 0 Å². The average Bonchev–Trinajstić information content (AvgIpc) is 2.83. The van der Waals surface area contributed by atoms with Gasteiger partial charge in [-0.3, -0.25) is 4.90 Å². The van der Waals surface area contributed by atoms with Crippen molar-refractivity contribution in [2.75, 3.05) is 26.2 Å². The van der Waals surface area contributed by atoms with Crippen LogP contribution in [-0.2, 0) is 4.74 Å². The molecule has 2 saturated heterocycles. The van der Waals surface area contributed by atoms with Crippen LogP contribution in [0.15, 0.2) is 0 Å². The molecule has 2 aliphatic heterocycles. The van der Waals surface area contributed by atoms with E-state index >= 15 is 0 Å². The minimum atomic E-state index is 0.0280. The smallest absolute Gasteiger partial charge is 0.110 e. The van der Waals surface area contributed by atoms with E-state index in [1.165, 1.54) is 44.9 Å². The molecule has 0 aromatic rings. The van der Waals surface area contributed by atoms with Gasteiger partial charge in [-0.25, -0.2) is 0 Å². The molecule has 19 heavy (non-hydrogen) atoms. The van der Waals surface area contributed by atoms with Crippen molar-refractivity contribution >= 4 is 0 Å². The summed E-state index contributed by atoms with van der Waals surface area (Å²) in [7, 11) is 0. The molecule has 0 bridgehead atoms. The first-order chi connectivity index (χ1) is 9.31. The van der Waals surface area contributed by atoms with E-state index in [0.29, 0.717) is 6.10 Å². The second-order valence-electron chi connectivity index (χ2n) is 6.37. The van der Waals surface area contributed by atoms with E-state index < -0.39 is 0 Å². The van der Waals surface area contributed by atoms with E-state index in [-0.39, 0.29) is 11.6 Å². The molecule has 1 saturated carbocycles. The van der Waals surface area contributed by atoms with Crippen LogP contribution in [0.1, 0.15) is 44.9 Å². The first-order valence-electron chi connectivity index (χ1n) is 7.84. The van der Waals surface area contributed by atoms with Crippen LogP contribution in [0, 0.1) is 11.3 Å². The summed E-state index contributed by atoms with van der Waals surface area (Å²) in [4.78, 5) is 2.31. The van der Waals surface area contributed by atoms with Crippen LogP contribution < -0.4 is 5.32 Å². The number of nitrogens with one attached hydrogen (secondary N) is 1. The Hall–Kier alpha value is -0.630. The highest BCUT2D eigenvalue weighted by atomic mass is 16.5. The zero-order chi connectivity index (χ0) is 13.1. The Bertz CT molecular complexity index is 346. The van der Waals surface area contributed by atoms with Crippen molar-refractivity contribution in [1.82, 2.24) is 10.2 Å². The highest BCUT2D eigenvalue weighted by molar-refractivity contribution is 4.98. The molecule has 4 nitrogen and oxygen atoms in total. The number of hydrogen-bond donors (Lipinski definition) is 1. The van der Waals surface area contributed by atoms with Crippen molar-refractivity contribution in [3.05, 3.63) is 0 Å². The van der Waals surface area contributed by atoms with Gasteiger partial charge in [-0.2, -0.15) is 5.26 Å². The normalized spacial score (nSPS) is 35.3. The zero-order valence-corrected chi connectivity index (χ0v) is 11.7. The molecular weight excluding hydrogens is 238 g/mol. The third-order valence-corrected chi connectivity index (χ3v) is 5.04. The molecule has 1 aliphatic carbocycles. The van der Waals surface area contributed by atoms with Crippen molar-refractivity contribution in [1.29, 1.82) is 5.26 Å². The van der Waals surface area contributed by atoms with Gasteiger partial charge >= 0.3 is 0 Å². The van der Waals surface area contributed by atoms with E-state index in [9.17, 15) is 5.26 Å². The van der Waals surface area contributed by atoms with E-state index in [0.717, 1.165) is 26.2 Å². The lowest BCUT2D eigenvalue weighted by molar-refractivity contribution is -0.0742. The summed E-state index contributed by atoms with van der Waals surface area (Å²) in [5.41, 5.74) is 0.207. The third kappa shape index (κ3) is 2.94. The van der Waals surface area contributed by atoms with Crippen LogP contribution in [0.2, 0.25) is 0 Å². The molecule has 3 aliphatic rings. The molecule has 0 aromatic carbocycles. The molecule has 0 radical (unpaired) electrons. The van der Waals surface area contributed by atoms with Gasteiger partial charge in [0.05, 0.1) is 17.8 Å². The number of rotatable bonds is 2. The van der Waals surface area contributed by atoms with Gasteiger partial charge in [0.15, 0.2) is 0 Å². The average molecular weight is 263 g/mol. The molecule has 0 amide bonds. The minimum Gasteiger partial charge on any atom is -0.370 e. The van der Waals surface area contributed by atoms with Crippen LogP contribution in [0.25, 0.3) is 0 Å². The SMILES string of the molecule is N#CC1CNCCN1CC1CCC2(CCCCC2)O1. The molecule has 2 atom stereocenters. The number of hydrogen-bond acceptors (Lipinski definition) is 4. The van der Waals surface area contributed by atoms with Gasteiger partial charge in [0.1, 0.15) is 6.04 Å². The van der Waals surface area contributed by atoms with Crippen LogP contribution in [0.4, 0.5) is 0 Å². The molecule has 106 valence electrons. The highest BCUT2D eigenvalue weighted by Gasteiger charge is 2.41. The lowest BCUT2D eigenvalue weighted by Crippen LogP contribution is -2.52. The number of nitrogens with zero attached hydrogens (tertiary/aromatic N) is 2. The molecule has 2 unspecified atom stereocenters. The topological polar surface area (TPSA) is 48.3 Å². The Morgan fingerprint density at radius 3 is 2.89 bits per heavy atom. The van der Waals surface area contributed by atoms with Gasteiger partial charge in [-0.05, 0) is 25.7 Å². The maximum atomic E-state index is 9.21. The van der Waals surface area contributed by atoms with E-state index in [4.69, 9.17) is 4.74 Å². The second-order valence-corrected chi connectivity index (χ2v) is 6.37. The van der Waals surface area contributed by atoms with Crippen molar-refractivity contribution in [2.45, 2.75) is 62.7 Å². The predicted octanol–water partition coefficient (Wildman–Crippen LogP) is 1.67. The summed E-state index contributed by atoms with van der Waals surface area (Å²) in [6.45, 7) is 3.72. The molecular formula is C15H25N3O. The molecule has 0 aromatic heterocycles. The molecule has 1 spiro atoms.